The maximum atomic E-state index is 11.9. The van der Waals surface area contributed by atoms with E-state index in [1.165, 1.54) is 18.2 Å². The van der Waals surface area contributed by atoms with Gasteiger partial charge in [-0.2, -0.15) is 5.10 Å². The fraction of sp³-hybridized carbons (Fsp3) is 0.125. The normalized spacial score (nSPS) is 11.3. The van der Waals surface area contributed by atoms with Crippen LogP contribution in [0, 0.1) is 0 Å². The first-order valence-electron chi connectivity index (χ1n) is 6.64. The Kier molecular flexibility index (Phi) is 5.16. The third kappa shape index (κ3) is 3.85. The zero-order valence-corrected chi connectivity index (χ0v) is 13.4. The Bertz CT molecular complexity index is 712. The van der Waals surface area contributed by atoms with Crippen LogP contribution in [0.5, 0.6) is 5.75 Å². The first kappa shape index (κ1) is 16.0. The van der Waals surface area contributed by atoms with Crippen LogP contribution in [0.4, 0.5) is 5.69 Å². The summed E-state index contributed by atoms with van der Waals surface area (Å²) < 4.78 is 0.814. The Hall–Kier alpha value is -2.34. The Morgan fingerprint density at radius 2 is 1.95 bits per heavy atom. The summed E-state index contributed by atoms with van der Waals surface area (Å²) in [6.07, 6.45) is 0.589. The third-order valence-electron chi connectivity index (χ3n) is 3.04. The summed E-state index contributed by atoms with van der Waals surface area (Å²) in [6.45, 7) is 1.91. The summed E-state index contributed by atoms with van der Waals surface area (Å²) in [5.41, 5.74) is 4.87. The predicted molar refractivity (Wildman–Crippen MR) is 87.4 cm³/mol. The van der Waals surface area contributed by atoms with E-state index in [1.54, 1.807) is 24.3 Å². The van der Waals surface area contributed by atoms with Crippen LogP contribution in [0.3, 0.4) is 0 Å². The molecule has 0 fully saturated rings. The molecule has 0 amide bonds. The zero-order valence-electron chi connectivity index (χ0n) is 11.8. The predicted octanol–water partition coefficient (Wildman–Crippen LogP) is 3.45. The average molecular weight is 362 g/mol. The Balaban J connectivity index is 2.22. The second kappa shape index (κ2) is 7.09. The van der Waals surface area contributed by atoms with Gasteiger partial charge in [0, 0.05) is 4.47 Å². The van der Waals surface area contributed by atoms with Crippen molar-refractivity contribution in [3.63, 3.8) is 0 Å². The molecule has 22 heavy (non-hydrogen) atoms. The average Bonchev–Trinajstić information content (AvgIpc) is 2.51. The molecule has 2 aromatic rings. The summed E-state index contributed by atoms with van der Waals surface area (Å²) >= 11 is 3.34. The van der Waals surface area contributed by atoms with Gasteiger partial charge in [0.2, 0.25) is 0 Å². The van der Waals surface area contributed by atoms with Crippen LogP contribution >= 0.6 is 15.9 Å². The van der Waals surface area contributed by atoms with Crippen molar-refractivity contribution in [3.05, 3.63) is 58.1 Å². The molecule has 5 nitrogen and oxygen atoms in total. The molecule has 0 bridgehead atoms. The monoisotopic (exact) mass is 361 g/mol. The largest absolute Gasteiger partial charge is 0.872 e. The van der Waals surface area contributed by atoms with Gasteiger partial charge in [0.05, 0.1) is 17.0 Å². The maximum Gasteiger partial charge on any atom is 0.335 e. The van der Waals surface area contributed by atoms with E-state index in [0.29, 0.717) is 23.4 Å². The molecule has 114 valence electrons. The minimum atomic E-state index is -0.977. The van der Waals surface area contributed by atoms with Crippen LogP contribution in [-0.4, -0.2) is 16.8 Å². The van der Waals surface area contributed by atoms with Crippen molar-refractivity contribution >= 4 is 33.3 Å². The standard InChI is InChI=1S/C16H15BrN2O3/c1-2-14(13-9-11(17)5-8-15(13)20)19-18-12-6-3-10(4-7-12)16(21)22/h3-9,18,20H,2H2,1H3,(H,21,22)/p-1/b19-14+. The number of carbonyl (C=O) groups is 1. The van der Waals surface area contributed by atoms with E-state index in [2.05, 4.69) is 26.5 Å². The van der Waals surface area contributed by atoms with E-state index in [1.807, 2.05) is 6.92 Å². The van der Waals surface area contributed by atoms with Crippen molar-refractivity contribution in [1.82, 2.24) is 0 Å². The molecule has 2 N–H and O–H groups in total. The Morgan fingerprint density at radius 1 is 1.27 bits per heavy atom. The SMILES string of the molecule is CC/C(=N\Nc1ccc(C(=O)O)cc1)c1cc(Br)ccc1[O-]. The number of hydrogen-bond acceptors (Lipinski definition) is 4. The molecule has 0 spiro atoms. The van der Waals surface area contributed by atoms with Gasteiger partial charge >= 0.3 is 5.97 Å². The zero-order chi connectivity index (χ0) is 16.1. The molecule has 2 rings (SSSR count). The first-order valence-corrected chi connectivity index (χ1v) is 7.43. The quantitative estimate of drug-likeness (QED) is 0.630. The summed E-state index contributed by atoms with van der Waals surface area (Å²) in [5, 5.41) is 25.0. The highest BCUT2D eigenvalue weighted by Crippen LogP contribution is 2.22. The van der Waals surface area contributed by atoms with Crippen LogP contribution in [0.25, 0.3) is 0 Å². The number of hydrogen-bond donors (Lipinski definition) is 2. The number of aromatic carboxylic acids is 1. The lowest BCUT2D eigenvalue weighted by molar-refractivity contribution is -0.268. The number of carboxylic acid groups (broad SMARTS) is 1. The van der Waals surface area contributed by atoms with Crippen LogP contribution in [0.2, 0.25) is 0 Å². The number of benzene rings is 2. The fourth-order valence-corrected chi connectivity index (χ4v) is 2.24. The van der Waals surface area contributed by atoms with Crippen LogP contribution in [0.1, 0.15) is 29.3 Å². The number of rotatable bonds is 5. The highest BCUT2D eigenvalue weighted by Gasteiger charge is 2.05. The number of carboxylic acids is 1. The molecule has 0 heterocycles. The van der Waals surface area contributed by atoms with Gasteiger partial charge in [0.1, 0.15) is 0 Å². The van der Waals surface area contributed by atoms with Crippen molar-refractivity contribution < 1.29 is 15.0 Å². The summed E-state index contributed by atoms with van der Waals surface area (Å²) in [6, 6.07) is 11.1. The molecule has 0 atom stereocenters. The molecule has 2 aromatic carbocycles. The number of nitrogens with one attached hydrogen (secondary N) is 1. The van der Waals surface area contributed by atoms with Crippen molar-refractivity contribution in [1.29, 1.82) is 0 Å². The molecule has 0 aliphatic rings. The molecule has 0 radical (unpaired) electrons. The highest BCUT2D eigenvalue weighted by atomic mass is 79.9. The van der Waals surface area contributed by atoms with Crippen molar-refractivity contribution in [2.45, 2.75) is 13.3 Å². The van der Waals surface area contributed by atoms with E-state index in [-0.39, 0.29) is 11.3 Å². The van der Waals surface area contributed by atoms with Crippen LogP contribution < -0.4 is 10.5 Å². The summed E-state index contributed by atoms with van der Waals surface area (Å²) in [5.74, 6) is -1.07. The van der Waals surface area contributed by atoms with E-state index < -0.39 is 5.97 Å². The van der Waals surface area contributed by atoms with Gasteiger partial charge in [-0.3, -0.25) is 5.43 Å². The Labute approximate surface area is 136 Å². The van der Waals surface area contributed by atoms with Gasteiger partial charge in [0.25, 0.3) is 0 Å². The maximum absolute atomic E-state index is 11.9. The molecule has 0 saturated carbocycles. The number of nitrogens with zero attached hydrogens (tertiary/aromatic N) is 1. The molecule has 6 heteroatoms. The van der Waals surface area contributed by atoms with Crippen molar-refractivity contribution in [3.8, 4) is 5.75 Å². The second-order valence-corrected chi connectivity index (χ2v) is 5.46. The van der Waals surface area contributed by atoms with E-state index >= 15 is 0 Å². The van der Waals surface area contributed by atoms with Gasteiger partial charge in [-0.15, -0.1) is 0 Å². The van der Waals surface area contributed by atoms with Gasteiger partial charge in [0.15, 0.2) is 0 Å². The number of hydrazone groups is 1. The third-order valence-corrected chi connectivity index (χ3v) is 3.53. The fourth-order valence-electron chi connectivity index (χ4n) is 1.88. The van der Waals surface area contributed by atoms with Gasteiger partial charge in [-0.1, -0.05) is 34.7 Å². The highest BCUT2D eigenvalue weighted by molar-refractivity contribution is 9.10. The lowest BCUT2D eigenvalue weighted by Crippen LogP contribution is -2.07. The van der Waals surface area contributed by atoms with Gasteiger partial charge in [-0.05, 0) is 48.4 Å². The van der Waals surface area contributed by atoms with Crippen LogP contribution in [-0.2, 0) is 0 Å². The summed E-state index contributed by atoms with van der Waals surface area (Å²) in [4.78, 5) is 10.8. The smallest absolute Gasteiger partial charge is 0.335 e. The second-order valence-electron chi connectivity index (χ2n) is 4.55. The molecular formula is C16H14BrN2O3-. The minimum absolute atomic E-state index is 0.0909. The molecule has 0 unspecified atom stereocenters. The van der Waals surface area contributed by atoms with Gasteiger partial charge in [-0.25, -0.2) is 4.79 Å². The topological polar surface area (TPSA) is 84.8 Å². The van der Waals surface area contributed by atoms with Gasteiger partial charge < -0.3 is 10.2 Å². The Morgan fingerprint density at radius 3 is 2.55 bits per heavy atom. The minimum Gasteiger partial charge on any atom is -0.872 e. The first-order chi connectivity index (χ1) is 10.5. The van der Waals surface area contributed by atoms with E-state index in [4.69, 9.17) is 5.11 Å². The van der Waals surface area contributed by atoms with Crippen molar-refractivity contribution in [2.75, 3.05) is 5.43 Å². The number of halogens is 1. The summed E-state index contributed by atoms with van der Waals surface area (Å²) in [7, 11) is 0. The van der Waals surface area contributed by atoms with Crippen LogP contribution in [0.15, 0.2) is 52.0 Å². The van der Waals surface area contributed by atoms with Crippen molar-refractivity contribution in [2.24, 2.45) is 5.10 Å². The number of anilines is 1. The molecule has 0 aliphatic heterocycles. The molecule has 0 saturated heterocycles. The molecular weight excluding hydrogens is 348 g/mol. The van der Waals surface area contributed by atoms with E-state index in [9.17, 15) is 9.90 Å². The molecule has 0 aromatic heterocycles. The lowest BCUT2D eigenvalue weighted by atomic mass is 10.1. The lowest BCUT2D eigenvalue weighted by Gasteiger charge is -2.15. The van der Waals surface area contributed by atoms with E-state index in [0.717, 1.165) is 4.47 Å². The molecule has 0 aliphatic carbocycles.